The van der Waals surface area contributed by atoms with Crippen LogP contribution in [0.1, 0.15) is 26.2 Å². The maximum Gasteiger partial charge on any atom is 0.523 e. The number of hydrogen-bond acceptors (Lipinski definition) is 4. The van der Waals surface area contributed by atoms with Gasteiger partial charge in [-0.05, 0) is 19.3 Å². The fourth-order valence-electron chi connectivity index (χ4n) is 1.96. The fraction of sp³-hybridized carbons (Fsp3) is 0.700. The van der Waals surface area contributed by atoms with Gasteiger partial charge in [0.15, 0.2) is 0 Å². The van der Waals surface area contributed by atoms with Crippen molar-refractivity contribution < 1.29 is 35.7 Å². The summed E-state index contributed by atoms with van der Waals surface area (Å²) in [6, 6.07) is 0. The lowest BCUT2D eigenvalue weighted by atomic mass is 9.73. The molecule has 2 unspecified atom stereocenters. The van der Waals surface area contributed by atoms with Gasteiger partial charge in [0.2, 0.25) is 0 Å². The van der Waals surface area contributed by atoms with Crippen LogP contribution < -0.4 is 0 Å². The van der Waals surface area contributed by atoms with E-state index in [4.69, 9.17) is 5.11 Å². The SMILES string of the molecule is CCC1(C(=O)O)CCC=CC1OS(=O)(=O)C(F)(F)F. The first-order valence-corrected chi connectivity index (χ1v) is 6.87. The van der Waals surface area contributed by atoms with Crippen LogP contribution in [0.4, 0.5) is 13.2 Å². The first-order chi connectivity index (χ1) is 8.57. The number of alkyl halides is 3. The normalized spacial score (nSPS) is 28.3. The number of rotatable bonds is 4. The lowest BCUT2D eigenvalue weighted by molar-refractivity contribution is -0.155. The van der Waals surface area contributed by atoms with E-state index in [2.05, 4.69) is 4.18 Å². The molecule has 9 heteroatoms. The highest BCUT2D eigenvalue weighted by molar-refractivity contribution is 7.87. The molecule has 0 radical (unpaired) electrons. The summed E-state index contributed by atoms with van der Waals surface area (Å²) >= 11 is 0. The third kappa shape index (κ3) is 2.92. The van der Waals surface area contributed by atoms with Crippen molar-refractivity contribution >= 4 is 16.1 Å². The van der Waals surface area contributed by atoms with Crippen LogP contribution in [0.25, 0.3) is 0 Å². The fourth-order valence-corrected chi connectivity index (χ4v) is 2.59. The van der Waals surface area contributed by atoms with Gasteiger partial charge in [0.1, 0.15) is 6.10 Å². The van der Waals surface area contributed by atoms with Crippen molar-refractivity contribution in [2.24, 2.45) is 5.41 Å². The molecular weight excluding hydrogens is 289 g/mol. The molecule has 0 bridgehead atoms. The number of hydrogen-bond donors (Lipinski definition) is 1. The first-order valence-electron chi connectivity index (χ1n) is 5.46. The average molecular weight is 302 g/mol. The van der Waals surface area contributed by atoms with Crippen molar-refractivity contribution in [1.29, 1.82) is 0 Å². The van der Waals surface area contributed by atoms with E-state index >= 15 is 0 Å². The minimum atomic E-state index is -5.83. The molecule has 0 aliphatic heterocycles. The van der Waals surface area contributed by atoms with E-state index in [1.165, 1.54) is 13.0 Å². The number of carboxylic acid groups (broad SMARTS) is 1. The molecule has 5 nitrogen and oxygen atoms in total. The molecule has 1 aliphatic carbocycles. The molecule has 1 aliphatic rings. The summed E-state index contributed by atoms with van der Waals surface area (Å²) in [5.41, 5.74) is -7.23. The average Bonchev–Trinajstić information content (AvgIpc) is 2.27. The molecule has 0 spiro atoms. The van der Waals surface area contributed by atoms with Gasteiger partial charge in [-0.15, -0.1) is 0 Å². The largest absolute Gasteiger partial charge is 0.523 e. The maximum absolute atomic E-state index is 12.3. The molecule has 0 aromatic rings. The zero-order valence-corrected chi connectivity index (χ0v) is 10.8. The second kappa shape index (κ2) is 5.12. The maximum atomic E-state index is 12.3. The predicted octanol–water partition coefficient (Wildman–Crippen LogP) is 2.05. The van der Waals surface area contributed by atoms with Crippen LogP contribution in [0.5, 0.6) is 0 Å². The van der Waals surface area contributed by atoms with E-state index in [1.807, 2.05) is 0 Å². The van der Waals surface area contributed by atoms with E-state index in [0.717, 1.165) is 6.08 Å². The Morgan fingerprint density at radius 1 is 1.53 bits per heavy atom. The van der Waals surface area contributed by atoms with Gasteiger partial charge in [-0.2, -0.15) is 21.6 Å². The van der Waals surface area contributed by atoms with Gasteiger partial charge >= 0.3 is 21.6 Å². The topological polar surface area (TPSA) is 80.7 Å². The Kier molecular flexibility index (Phi) is 4.30. The Hall–Kier alpha value is -1.09. The molecule has 0 aromatic carbocycles. The summed E-state index contributed by atoms with van der Waals surface area (Å²) < 4.78 is 62.8. The smallest absolute Gasteiger partial charge is 0.481 e. The van der Waals surface area contributed by atoms with Gasteiger partial charge in [0, 0.05) is 0 Å². The van der Waals surface area contributed by atoms with Crippen molar-refractivity contribution in [1.82, 2.24) is 0 Å². The second-order valence-corrected chi connectivity index (χ2v) is 5.76. The second-order valence-electron chi connectivity index (χ2n) is 4.20. The lowest BCUT2D eigenvalue weighted by Gasteiger charge is -2.36. The van der Waals surface area contributed by atoms with Crippen molar-refractivity contribution in [2.75, 3.05) is 0 Å². The summed E-state index contributed by atoms with van der Waals surface area (Å²) in [5.74, 6) is -1.37. The molecule has 0 heterocycles. The van der Waals surface area contributed by atoms with Crippen LogP contribution in [-0.2, 0) is 19.1 Å². The van der Waals surface area contributed by atoms with Crippen LogP contribution in [0, 0.1) is 5.41 Å². The summed E-state index contributed by atoms with van der Waals surface area (Å²) in [4.78, 5) is 11.3. The standard InChI is InChI=1S/C10H13F3O5S/c1-2-9(8(14)15)6-4-3-5-7(9)18-19(16,17)10(11,12)13/h3,5,7H,2,4,6H2,1H3,(H,14,15). The number of carboxylic acids is 1. The van der Waals surface area contributed by atoms with Gasteiger partial charge in [0.25, 0.3) is 0 Å². The Morgan fingerprint density at radius 3 is 2.53 bits per heavy atom. The molecule has 1 rings (SSSR count). The minimum Gasteiger partial charge on any atom is -0.481 e. The van der Waals surface area contributed by atoms with E-state index in [9.17, 15) is 26.4 Å². The summed E-state index contributed by atoms with van der Waals surface area (Å²) in [6.07, 6.45) is 1.14. The summed E-state index contributed by atoms with van der Waals surface area (Å²) in [6.45, 7) is 1.46. The quantitative estimate of drug-likeness (QED) is 0.488. The zero-order chi connectivity index (χ0) is 14.9. The zero-order valence-electron chi connectivity index (χ0n) is 9.98. The van der Waals surface area contributed by atoms with Gasteiger partial charge < -0.3 is 5.11 Å². The van der Waals surface area contributed by atoms with Crippen molar-refractivity contribution in [3.05, 3.63) is 12.2 Å². The molecule has 110 valence electrons. The molecule has 19 heavy (non-hydrogen) atoms. The first kappa shape index (κ1) is 16.0. The van der Waals surface area contributed by atoms with E-state index in [-0.39, 0.29) is 12.8 Å². The molecule has 0 saturated heterocycles. The number of aliphatic carboxylic acids is 1. The summed E-state index contributed by atoms with van der Waals surface area (Å²) in [7, 11) is -5.83. The van der Waals surface area contributed by atoms with E-state index < -0.39 is 33.1 Å². The minimum absolute atomic E-state index is 0.0212. The van der Waals surface area contributed by atoms with Gasteiger partial charge in [-0.25, -0.2) is 0 Å². The van der Waals surface area contributed by atoms with Crippen LogP contribution in [0.3, 0.4) is 0 Å². The van der Waals surface area contributed by atoms with Crippen LogP contribution in [-0.4, -0.2) is 31.1 Å². The lowest BCUT2D eigenvalue weighted by Crippen LogP contribution is -2.46. The van der Waals surface area contributed by atoms with E-state index in [0.29, 0.717) is 6.42 Å². The third-order valence-corrected chi connectivity index (χ3v) is 4.21. The van der Waals surface area contributed by atoms with Crippen LogP contribution in [0.2, 0.25) is 0 Å². The Balaban J connectivity index is 3.13. The van der Waals surface area contributed by atoms with Crippen molar-refractivity contribution in [3.63, 3.8) is 0 Å². The molecule has 1 N–H and O–H groups in total. The van der Waals surface area contributed by atoms with Gasteiger partial charge in [0.05, 0.1) is 5.41 Å². The molecule has 0 amide bonds. The van der Waals surface area contributed by atoms with Gasteiger partial charge in [-0.3, -0.25) is 8.98 Å². The Labute approximate surface area is 108 Å². The highest BCUT2D eigenvalue weighted by Gasteiger charge is 2.53. The highest BCUT2D eigenvalue weighted by Crippen LogP contribution is 2.40. The molecule has 0 fully saturated rings. The van der Waals surface area contributed by atoms with Crippen LogP contribution >= 0.6 is 0 Å². The van der Waals surface area contributed by atoms with Gasteiger partial charge in [-0.1, -0.05) is 19.1 Å². The van der Waals surface area contributed by atoms with Crippen LogP contribution in [0.15, 0.2) is 12.2 Å². The monoisotopic (exact) mass is 302 g/mol. The Morgan fingerprint density at radius 2 is 2.11 bits per heavy atom. The van der Waals surface area contributed by atoms with Crippen molar-refractivity contribution in [2.45, 2.75) is 37.8 Å². The molecule has 0 saturated carbocycles. The number of carbonyl (C=O) groups is 1. The van der Waals surface area contributed by atoms with Crippen molar-refractivity contribution in [3.8, 4) is 0 Å². The molecule has 0 aromatic heterocycles. The number of allylic oxidation sites excluding steroid dienone is 1. The molecular formula is C10H13F3O5S. The Bertz CT molecular complexity index is 482. The predicted molar refractivity (Wildman–Crippen MR) is 58.6 cm³/mol. The number of halogens is 3. The molecule has 2 atom stereocenters. The third-order valence-electron chi connectivity index (χ3n) is 3.18. The highest BCUT2D eigenvalue weighted by atomic mass is 32.2. The summed E-state index contributed by atoms with van der Waals surface area (Å²) in [5, 5.41) is 9.17. The van der Waals surface area contributed by atoms with E-state index in [1.54, 1.807) is 0 Å².